The summed E-state index contributed by atoms with van der Waals surface area (Å²) in [5.74, 6) is 2.18. The molecule has 0 aromatic carbocycles. The second-order valence-corrected chi connectivity index (χ2v) is 6.81. The standard InChI is InChI=1S/C18H20N6O/c1-3-14(4-1)24-9-2-5-15(24)18-21-17(22-25-18)13-6-7-16(20-11-13)23-10-8-19-12-23/h6-8,10-12,14-15H,1-5,9H2. The SMILES string of the molecule is c1cn(-c2ccc(-c3noc(C4CCCN4C4CCC4)n3)cn2)cn1. The second-order valence-electron chi connectivity index (χ2n) is 6.81. The number of hydrogen-bond acceptors (Lipinski definition) is 6. The van der Waals surface area contributed by atoms with E-state index in [1.54, 1.807) is 18.7 Å². The van der Waals surface area contributed by atoms with Crippen LogP contribution >= 0.6 is 0 Å². The molecule has 3 aromatic heterocycles. The van der Waals surface area contributed by atoms with E-state index in [0.717, 1.165) is 30.2 Å². The summed E-state index contributed by atoms with van der Waals surface area (Å²) in [6, 6.07) is 4.89. The van der Waals surface area contributed by atoms with Crippen LogP contribution in [0.15, 0.2) is 41.6 Å². The second kappa shape index (κ2) is 6.07. The first-order valence-electron chi connectivity index (χ1n) is 8.92. The normalized spacial score (nSPS) is 21.5. The zero-order chi connectivity index (χ0) is 16.6. The fraction of sp³-hybridized carbons (Fsp3) is 0.444. The lowest BCUT2D eigenvalue weighted by Crippen LogP contribution is -2.39. The Labute approximate surface area is 145 Å². The van der Waals surface area contributed by atoms with E-state index in [0.29, 0.717) is 11.9 Å². The Hall–Kier alpha value is -2.54. The zero-order valence-corrected chi connectivity index (χ0v) is 14.0. The number of rotatable bonds is 4. The highest BCUT2D eigenvalue weighted by Gasteiger charge is 2.37. The van der Waals surface area contributed by atoms with Gasteiger partial charge in [-0.05, 0) is 44.4 Å². The van der Waals surface area contributed by atoms with E-state index in [2.05, 4.69) is 25.0 Å². The molecular formula is C18H20N6O. The third-order valence-corrected chi connectivity index (χ3v) is 5.34. The highest BCUT2D eigenvalue weighted by Crippen LogP contribution is 2.38. The van der Waals surface area contributed by atoms with Gasteiger partial charge in [0, 0.05) is 30.2 Å². The van der Waals surface area contributed by atoms with Gasteiger partial charge in [-0.3, -0.25) is 9.47 Å². The van der Waals surface area contributed by atoms with E-state index < -0.39 is 0 Å². The molecule has 0 radical (unpaired) electrons. The third kappa shape index (κ3) is 2.64. The van der Waals surface area contributed by atoms with Gasteiger partial charge in [-0.25, -0.2) is 9.97 Å². The first-order valence-corrected chi connectivity index (χ1v) is 8.92. The van der Waals surface area contributed by atoms with Crippen molar-refractivity contribution in [2.24, 2.45) is 0 Å². The molecule has 1 atom stereocenters. The average Bonchev–Trinajstić information content (AvgIpc) is 3.34. The van der Waals surface area contributed by atoms with Crippen LogP contribution in [0.2, 0.25) is 0 Å². The van der Waals surface area contributed by atoms with Crippen molar-refractivity contribution in [1.82, 2.24) is 29.6 Å². The molecule has 2 aliphatic rings. The van der Waals surface area contributed by atoms with Gasteiger partial charge in [-0.15, -0.1) is 0 Å². The average molecular weight is 336 g/mol. The van der Waals surface area contributed by atoms with E-state index in [1.807, 2.05) is 22.9 Å². The Morgan fingerprint density at radius 3 is 2.80 bits per heavy atom. The Morgan fingerprint density at radius 2 is 2.08 bits per heavy atom. The van der Waals surface area contributed by atoms with Gasteiger partial charge < -0.3 is 4.52 Å². The number of imidazole rings is 1. The van der Waals surface area contributed by atoms with Gasteiger partial charge in [0.1, 0.15) is 12.1 Å². The van der Waals surface area contributed by atoms with Gasteiger partial charge in [0.2, 0.25) is 11.7 Å². The van der Waals surface area contributed by atoms with Crippen molar-refractivity contribution in [3.8, 4) is 17.2 Å². The molecular weight excluding hydrogens is 316 g/mol. The van der Waals surface area contributed by atoms with E-state index in [1.165, 1.54) is 25.7 Å². The molecule has 1 unspecified atom stereocenters. The quantitative estimate of drug-likeness (QED) is 0.729. The predicted octanol–water partition coefficient (Wildman–Crippen LogP) is 3.01. The smallest absolute Gasteiger partial charge is 0.244 e. The molecule has 3 aromatic rings. The summed E-state index contributed by atoms with van der Waals surface area (Å²) in [5, 5.41) is 4.19. The van der Waals surface area contributed by atoms with Crippen LogP contribution in [0.25, 0.3) is 17.2 Å². The summed E-state index contributed by atoms with van der Waals surface area (Å²) in [5.41, 5.74) is 0.868. The molecule has 25 heavy (non-hydrogen) atoms. The monoisotopic (exact) mass is 336 g/mol. The lowest BCUT2D eigenvalue weighted by Gasteiger charge is -2.37. The minimum absolute atomic E-state index is 0.282. The number of nitrogens with zero attached hydrogens (tertiary/aromatic N) is 6. The molecule has 1 saturated carbocycles. The van der Waals surface area contributed by atoms with Crippen molar-refractivity contribution in [2.75, 3.05) is 6.54 Å². The molecule has 7 heteroatoms. The Morgan fingerprint density at radius 1 is 1.12 bits per heavy atom. The van der Waals surface area contributed by atoms with Gasteiger partial charge >= 0.3 is 0 Å². The fourth-order valence-corrected chi connectivity index (χ4v) is 3.76. The van der Waals surface area contributed by atoms with Gasteiger partial charge in [0.25, 0.3) is 0 Å². The summed E-state index contributed by atoms with van der Waals surface area (Å²) < 4.78 is 7.47. The number of pyridine rings is 1. The predicted molar refractivity (Wildman–Crippen MR) is 91.0 cm³/mol. The van der Waals surface area contributed by atoms with Crippen LogP contribution in [0, 0.1) is 0 Å². The minimum Gasteiger partial charge on any atom is -0.337 e. The van der Waals surface area contributed by atoms with Gasteiger partial charge in [-0.1, -0.05) is 11.6 Å². The van der Waals surface area contributed by atoms with Crippen LogP contribution < -0.4 is 0 Å². The lowest BCUT2D eigenvalue weighted by molar-refractivity contribution is 0.0966. The summed E-state index contributed by atoms with van der Waals surface area (Å²) in [7, 11) is 0. The molecule has 1 saturated heterocycles. The van der Waals surface area contributed by atoms with E-state index in [4.69, 9.17) is 4.52 Å². The zero-order valence-electron chi connectivity index (χ0n) is 14.0. The Balaban J connectivity index is 1.37. The summed E-state index contributed by atoms with van der Waals surface area (Å²) >= 11 is 0. The summed E-state index contributed by atoms with van der Waals surface area (Å²) in [4.78, 5) is 15.7. The summed E-state index contributed by atoms with van der Waals surface area (Å²) in [6.45, 7) is 1.15. The molecule has 5 rings (SSSR count). The van der Waals surface area contributed by atoms with Crippen molar-refractivity contribution in [1.29, 1.82) is 0 Å². The third-order valence-electron chi connectivity index (χ3n) is 5.34. The molecule has 1 aliphatic carbocycles. The topological polar surface area (TPSA) is 72.9 Å². The number of hydrogen-bond donors (Lipinski definition) is 0. The van der Waals surface area contributed by atoms with Gasteiger partial charge in [0.05, 0.1) is 6.04 Å². The van der Waals surface area contributed by atoms with Crippen LogP contribution in [0.4, 0.5) is 0 Å². The van der Waals surface area contributed by atoms with Crippen LogP contribution in [-0.2, 0) is 0 Å². The van der Waals surface area contributed by atoms with Crippen LogP contribution in [0.5, 0.6) is 0 Å². The Kier molecular flexibility index (Phi) is 3.59. The first-order chi connectivity index (χ1) is 12.4. The Bertz CT molecular complexity index is 837. The van der Waals surface area contributed by atoms with Crippen LogP contribution in [-0.4, -0.2) is 42.2 Å². The molecule has 7 nitrogen and oxygen atoms in total. The van der Waals surface area contributed by atoms with E-state index in [9.17, 15) is 0 Å². The highest BCUT2D eigenvalue weighted by molar-refractivity contribution is 5.53. The van der Waals surface area contributed by atoms with Crippen molar-refractivity contribution in [3.05, 3.63) is 42.9 Å². The van der Waals surface area contributed by atoms with Crippen molar-refractivity contribution in [3.63, 3.8) is 0 Å². The largest absolute Gasteiger partial charge is 0.337 e. The molecule has 0 amide bonds. The van der Waals surface area contributed by atoms with E-state index >= 15 is 0 Å². The highest BCUT2D eigenvalue weighted by atomic mass is 16.5. The molecule has 0 bridgehead atoms. The van der Waals surface area contributed by atoms with Crippen LogP contribution in [0.3, 0.4) is 0 Å². The molecule has 4 heterocycles. The molecule has 1 aliphatic heterocycles. The maximum absolute atomic E-state index is 5.61. The number of likely N-dealkylation sites (tertiary alicyclic amines) is 1. The van der Waals surface area contributed by atoms with Gasteiger partial charge in [-0.2, -0.15) is 4.98 Å². The molecule has 2 fully saturated rings. The number of aromatic nitrogens is 5. The summed E-state index contributed by atoms with van der Waals surface area (Å²) in [6.07, 6.45) is 13.4. The lowest BCUT2D eigenvalue weighted by atomic mass is 9.91. The molecule has 128 valence electrons. The van der Waals surface area contributed by atoms with Gasteiger partial charge in [0.15, 0.2) is 0 Å². The van der Waals surface area contributed by atoms with E-state index in [-0.39, 0.29) is 6.04 Å². The maximum Gasteiger partial charge on any atom is 0.244 e. The molecule has 0 N–H and O–H groups in total. The maximum atomic E-state index is 5.61. The molecule has 0 spiro atoms. The van der Waals surface area contributed by atoms with Crippen molar-refractivity contribution < 1.29 is 4.52 Å². The first kappa shape index (κ1) is 14.8. The van der Waals surface area contributed by atoms with Crippen molar-refractivity contribution >= 4 is 0 Å². The van der Waals surface area contributed by atoms with Crippen LogP contribution in [0.1, 0.15) is 44.0 Å². The fourth-order valence-electron chi connectivity index (χ4n) is 3.76. The minimum atomic E-state index is 0.282. The van der Waals surface area contributed by atoms with Crippen molar-refractivity contribution in [2.45, 2.75) is 44.2 Å².